The first-order chi connectivity index (χ1) is 12.4. The Morgan fingerprint density at radius 1 is 1.15 bits per heavy atom. The zero-order valence-electron chi connectivity index (χ0n) is 14.5. The Hall–Kier alpha value is -2.73. The summed E-state index contributed by atoms with van der Waals surface area (Å²) in [5.41, 5.74) is 2.77. The average molecular weight is 371 g/mol. The van der Waals surface area contributed by atoms with Gasteiger partial charge < -0.3 is 5.11 Å². The minimum atomic E-state index is -0.480. The number of nitrogens with zero attached hydrogens (tertiary/aromatic N) is 4. The maximum Gasteiger partial charge on any atom is 0.162 e. The van der Waals surface area contributed by atoms with Crippen molar-refractivity contribution in [3.8, 4) is 11.4 Å². The maximum absolute atomic E-state index is 14.6. The first-order valence-electron chi connectivity index (χ1n) is 8.17. The number of aliphatic imine (C=N–C) groups is 1. The van der Waals surface area contributed by atoms with E-state index in [1.165, 1.54) is 18.2 Å². The fourth-order valence-electron chi connectivity index (χ4n) is 3.24. The van der Waals surface area contributed by atoms with Crippen LogP contribution in [0.1, 0.15) is 41.3 Å². The van der Waals surface area contributed by atoms with E-state index < -0.39 is 5.82 Å². The van der Waals surface area contributed by atoms with Gasteiger partial charge in [-0.1, -0.05) is 17.7 Å². The van der Waals surface area contributed by atoms with Crippen LogP contribution in [0.5, 0.6) is 5.75 Å². The third kappa shape index (κ3) is 2.41. The first kappa shape index (κ1) is 16.7. The Balaban J connectivity index is 2.12. The molecule has 5 nitrogen and oxygen atoms in total. The number of phenolic OH excluding ortho intramolecular Hbond substituents is 1. The van der Waals surface area contributed by atoms with Gasteiger partial charge in [0.25, 0.3) is 0 Å². The Labute approximate surface area is 154 Å². The standard InChI is InChI=1S/C19H16ClFN4O/c1-9-4-7-15-16(17(9)20)18(13-8-12(26)5-6-14(13)21)22-10(2)19-24-23-11(3)25(15)19/h4-8,10,26H,1-3H3/t10-/m0/s1. The van der Waals surface area contributed by atoms with E-state index in [-0.39, 0.29) is 17.4 Å². The number of hydrogen-bond donors (Lipinski definition) is 1. The number of benzene rings is 2. The van der Waals surface area contributed by atoms with Crippen LogP contribution in [-0.4, -0.2) is 25.6 Å². The molecule has 1 aromatic heterocycles. The van der Waals surface area contributed by atoms with Gasteiger partial charge >= 0.3 is 0 Å². The molecule has 2 heterocycles. The molecule has 2 aromatic carbocycles. The molecule has 0 fully saturated rings. The number of phenols is 1. The highest BCUT2D eigenvalue weighted by molar-refractivity contribution is 6.37. The summed E-state index contributed by atoms with van der Waals surface area (Å²) in [6, 6.07) is 7.33. The van der Waals surface area contributed by atoms with Gasteiger partial charge in [-0.3, -0.25) is 9.56 Å². The van der Waals surface area contributed by atoms with Crippen molar-refractivity contribution in [2.24, 2.45) is 4.99 Å². The molecule has 0 saturated heterocycles. The van der Waals surface area contributed by atoms with Crippen LogP contribution < -0.4 is 0 Å². The van der Waals surface area contributed by atoms with Crippen molar-refractivity contribution in [2.75, 3.05) is 0 Å². The highest BCUT2D eigenvalue weighted by Crippen LogP contribution is 2.36. The SMILES string of the molecule is Cc1ccc2c(c1Cl)C(c1cc(O)ccc1F)=N[C@@H](C)c1nnc(C)n1-2. The Morgan fingerprint density at radius 3 is 2.69 bits per heavy atom. The quantitative estimate of drug-likeness (QED) is 0.694. The molecule has 0 amide bonds. The predicted molar refractivity (Wildman–Crippen MR) is 98.0 cm³/mol. The minimum absolute atomic E-state index is 0.0399. The minimum Gasteiger partial charge on any atom is -0.508 e. The first-order valence-corrected chi connectivity index (χ1v) is 8.54. The predicted octanol–water partition coefficient (Wildman–Crippen LogP) is 4.29. The molecule has 1 atom stereocenters. The molecular formula is C19H16ClFN4O. The van der Waals surface area contributed by atoms with E-state index >= 15 is 0 Å². The van der Waals surface area contributed by atoms with E-state index in [4.69, 9.17) is 16.6 Å². The maximum atomic E-state index is 14.6. The molecule has 1 aliphatic heterocycles. The molecular weight excluding hydrogens is 355 g/mol. The number of fused-ring (bicyclic) bond motifs is 3. The summed E-state index contributed by atoms with van der Waals surface area (Å²) in [6.45, 7) is 5.60. The molecule has 0 unspecified atom stereocenters. The summed E-state index contributed by atoms with van der Waals surface area (Å²) >= 11 is 6.63. The fourth-order valence-corrected chi connectivity index (χ4v) is 3.49. The second kappa shape index (κ2) is 5.92. The number of halogens is 2. The van der Waals surface area contributed by atoms with Crippen LogP contribution in [0.3, 0.4) is 0 Å². The zero-order chi connectivity index (χ0) is 18.6. The summed E-state index contributed by atoms with van der Waals surface area (Å²) in [5.74, 6) is 0.827. The molecule has 4 rings (SSSR count). The second-order valence-corrected chi connectivity index (χ2v) is 6.73. The number of aromatic hydroxyl groups is 1. The van der Waals surface area contributed by atoms with Gasteiger partial charge in [-0.05, 0) is 50.6 Å². The van der Waals surface area contributed by atoms with Gasteiger partial charge in [-0.2, -0.15) is 0 Å². The van der Waals surface area contributed by atoms with Crippen LogP contribution in [0, 0.1) is 19.7 Å². The normalized spacial score (nSPS) is 15.9. The fraction of sp³-hybridized carbons (Fsp3) is 0.211. The number of aromatic nitrogens is 3. The van der Waals surface area contributed by atoms with Crippen molar-refractivity contribution >= 4 is 17.3 Å². The lowest BCUT2D eigenvalue weighted by molar-refractivity contribution is 0.473. The second-order valence-electron chi connectivity index (χ2n) is 6.35. The molecule has 3 aromatic rings. The molecule has 0 aliphatic carbocycles. The third-order valence-electron chi connectivity index (χ3n) is 4.54. The van der Waals surface area contributed by atoms with Crippen LogP contribution in [-0.2, 0) is 0 Å². The van der Waals surface area contributed by atoms with Crippen LogP contribution in [0.25, 0.3) is 5.69 Å². The largest absolute Gasteiger partial charge is 0.508 e. The summed E-state index contributed by atoms with van der Waals surface area (Å²) in [5, 5.41) is 18.7. The lowest BCUT2D eigenvalue weighted by atomic mass is 9.97. The Bertz CT molecular complexity index is 1070. The van der Waals surface area contributed by atoms with Crippen molar-refractivity contribution in [1.29, 1.82) is 0 Å². The zero-order valence-corrected chi connectivity index (χ0v) is 15.2. The van der Waals surface area contributed by atoms with E-state index in [0.717, 1.165) is 11.3 Å². The average Bonchev–Trinajstić information content (AvgIpc) is 2.93. The van der Waals surface area contributed by atoms with Crippen LogP contribution in [0.15, 0.2) is 35.3 Å². The molecule has 0 bridgehead atoms. The van der Waals surface area contributed by atoms with Gasteiger partial charge in [0.05, 0.1) is 16.4 Å². The molecule has 0 spiro atoms. The smallest absolute Gasteiger partial charge is 0.162 e. The summed E-state index contributed by atoms with van der Waals surface area (Å²) in [4.78, 5) is 4.70. The van der Waals surface area contributed by atoms with Crippen LogP contribution >= 0.6 is 11.6 Å². The summed E-state index contributed by atoms with van der Waals surface area (Å²) < 4.78 is 16.5. The van der Waals surface area contributed by atoms with E-state index in [2.05, 4.69) is 10.2 Å². The molecule has 1 N–H and O–H groups in total. The van der Waals surface area contributed by atoms with Gasteiger partial charge in [0.2, 0.25) is 0 Å². The molecule has 26 heavy (non-hydrogen) atoms. The summed E-state index contributed by atoms with van der Waals surface area (Å²) in [7, 11) is 0. The van der Waals surface area contributed by atoms with Crippen LogP contribution in [0.2, 0.25) is 5.02 Å². The van der Waals surface area contributed by atoms with Crippen molar-refractivity contribution < 1.29 is 9.50 Å². The molecule has 0 radical (unpaired) electrons. The van der Waals surface area contributed by atoms with Gasteiger partial charge in [0.1, 0.15) is 23.4 Å². The number of rotatable bonds is 1. The molecule has 0 saturated carbocycles. The van der Waals surface area contributed by atoms with E-state index in [9.17, 15) is 9.50 Å². The number of aryl methyl sites for hydroxylation is 2. The monoisotopic (exact) mass is 370 g/mol. The van der Waals surface area contributed by atoms with Gasteiger partial charge in [-0.25, -0.2) is 4.39 Å². The lowest BCUT2D eigenvalue weighted by Gasteiger charge is -2.16. The van der Waals surface area contributed by atoms with E-state index in [1.807, 2.05) is 37.5 Å². The van der Waals surface area contributed by atoms with Crippen LogP contribution in [0.4, 0.5) is 4.39 Å². The van der Waals surface area contributed by atoms with Crippen molar-refractivity contribution in [3.63, 3.8) is 0 Å². The Morgan fingerprint density at radius 2 is 1.92 bits per heavy atom. The van der Waals surface area contributed by atoms with E-state index in [0.29, 0.717) is 27.9 Å². The molecule has 1 aliphatic rings. The number of hydrogen-bond acceptors (Lipinski definition) is 4. The van der Waals surface area contributed by atoms with Crippen molar-refractivity contribution in [2.45, 2.75) is 26.8 Å². The summed E-state index contributed by atoms with van der Waals surface area (Å²) in [6.07, 6.45) is 0. The Kier molecular flexibility index (Phi) is 3.80. The topological polar surface area (TPSA) is 63.3 Å². The van der Waals surface area contributed by atoms with Crippen molar-refractivity contribution in [1.82, 2.24) is 14.8 Å². The van der Waals surface area contributed by atoms with E-state index in [1.54, 1.807) is 0 Å². The van der Waals surface area contributed by atoms with Gasteiger partial charge in [-0.15, -0.1) is 10.2 Å². The van der Waals surface area contributed by atoms with Gasteiger partial charge in [0, 0.05) is 11.1 Å². The van der Waals surface area contributed by atoms with Gasteiger partial charge in [0.15, 0.2) is 5.82 Å². The molecule has 132 valence electrons. The highest BCUT2D eigenvalue weighted by atomic mass is 35.5. The van der Waals surface area contributed by atoms with Crippen molar-refractivity contribution in [3.05, 3.63) is 69.5 Å². The third-order valence-corrected chi connectivity index (χ3v) is 5.03. The lowest BCUT2D eigenvalue weighted by Crippen LogP contribution is -2.11. The molecule has 7 heteroatoms. The highest BCUT2D eigenvalue weighted by Gasteiger charge is 2.29.